The van der Waals surface area contributed by atoms with Crippen LogP contribution < -0.4 is 0 Å². The number of carbonyl (C=O) groups is 2. The highest BCUT2D eigenvalue weighted by Crippen LogP contribution is 2.28. The molecule has 5 heteroatoms. The first kappa shape index (κ1) is 12.7. The van der Waals surface area contributed by atoms with E-state index in [0.29, 0.717) is 30.3 Å². The molecule has 2 aliphatic rings. The van der Waals surface area contributed by atoms with Crippen molar-refractivity contribution in [3.05, 3.63) is 35.4 Å². The molecule has 1 saturated heterocycles. The first-order chi connectivity index (χ1) is 9.69. The van der Waals surface area contributed by atoms with Crippen molar-refractivity contribution in [2.45, 2.75) is 18.9 Å². The lowest BCUT2D eigenvalue weighted by molar-refractivity contribution is -0.135. The predicted octanol–water partition coefficient (Wildman–Crippen LogP) is 1.01. The van der Waals surface area contributed by atoms with Crippen molar-refractivity contribution in [2.24, 2.45) is 0 Å². The number of piperazine rings is 1. The van der Waals surface area contributed by atoms with Gasteiger partial charge >= 0.3 is 0 Å². The number of amides is 2. The minimum Gasteiger partial charge on any atom is -0.336 e. The molecule has 5 nitrogen and oxygen atoms in total. The van der Waals surface area contributed by atoms with Crippen LogP contribution in [0.2, 0.25) is 0 Å². The Kier molecular flexibility index (Phi) is 3.15. The maximum Gasteiger partial charge on any atom is 0.254 e. The Morgan fingerprint density at radius 2 is 2.10 bits per heavy atom. The van der Waals surface area contributed by atoms with E-state index >= 15 is 0 Å². The highest BCUT2D eigenvalue weighted by Gasteiger charge is 2.36. The molecule has 1 aliphatic heterocycles. The number of benzene rings is 1. The average molecular weight is 269 g/mol. The Morgan fingerprint density at radius 1 is 1.30 bits per heavy atom. The van der Waals surface area contributed by atoms with Crippen molar-refractivity contribution in [3.63, 3.8) is 0 Å². The summed E-state index contributed by atoms with van der Waals surface area (Å²) in [5.74, 6) is -0.144. The molecule has 2 amide bonds. The molecule has 102 valence electrons. The molecule has 0 unspecified atom stereocenters. The van der Waals surface area contributed by atoms with Gasteiger partial charge in [-0.15, -0.1) is 0 Å². The summed E-state index contributed by atoms with van der Waals surface area (Å²) < 4.78 is 0. The lowest BCUT2D eigenvalue weighted by atomic mass is 10.1. The maximum atomic E-state index is 12.4. The molecule has 1 aliphatic carbocycles. The quantitative estimate of drug-likeness (QED) is 0.804. The molecule has 1 aromatic carbocycles. The molecule has 1 aromatic rings. The third kappa shape index (κ3) is 2.37. The first-order valence-electron chi connectivity index (χ1n) is 6.78. The van der Waals surface area contributed by atoms with Crippen LogP contribution in [0.25, 0.3) is 0 Å². The SMILES string of the molecule is N#Cc1cccc(C(=O)N2CCN(C3CC3)C(=O)C2)c1. The molecule has 0 radical (unpaired) electrons. The van der Waals surface area contributed by atoms with E-state index in [0.717, 1.165) is 12.8 Å². The van der Waals surface area contributed by atoms with Crippen molar-refractivity contribution in [1.82, 2.24) is 9.80 Å². The topological polar surface area (TPSA) is 64.4 Å². The van der Waals surface area contributed by atoms with E-state index in [4.69, 9.17) is 5.26 Å². The van der Waals surface area contributed by atoms with E-state index < -0.39 is 0 Å². The summed E-state index contributed by atoms with van der Waals surface area (Å²) >= 11 is 0. The number of nitrogens with zero attached hydrogens (tertiary/aromatic N) is 3. The maximum absolute atomic E-state index is 12.4. The van der Waals surface area contributed by atoms with Crippen LogP contribution in [0.4, 0.5) is 0 Å². The normalized spacial score (nSPS) is 18.9. The average Bonchev–Trinajstić information content (AvgIpc) is 3.31. The van der Waals surface area contributed by atoms with Crippen LogP contribution in [0.5, 0.6) is 0 Å². The zero-order valence-electron chi connectivity index (χ0n) is 11.1. The molecule has 2 fully saturated rings. The summed E-state index contributed by atoms with van der Waals surface area (Å²) in [4.78, 5) is 27.8. The van der Waals surface area contributed by atoms with Gasteiger partial charge in [0, 0.05) is 24.7 Å². The highest BCUT2D eigenvalue weighted by atomic mass is 16.2. The van der Waals surface area contributed by atoms with Crippen LogP contribution in [-0.4, -0.2) is 47.3 Å². The highest BCUT2D eigenvalue weighted by molar-refractivity contribution is 5.97. The fourth-order valence-corrected chi connectivity index (χ4v) is 2.54. The van der Waals surface area contributed by atoms with Gasteiger partial charge in [0.25, 0.3) is 5.91 Å². The van der Waals surface area contributed by atoms with Crippen molar-refractivity contribution in [1.29, 1.82) is 5.26 Å². The van der Waals surface area contributed by atoms with E-state index in [1.54, 1.807) is 29.2 Å². The fourth-order valence-electron chi connectivity index (χ4n) is 2.54. The van der Waals surface area contributed by atoms with E-state index in [2.05, 4.69) is 0 Å². The Hall–Kier alpha value is -2.35. The Bertz CT molecular complexity index is 601. The summed E-state index contributed by atoms with van der Waals surface area (Å²) in [5, 5.41) is 8.86. The number of rotatable bonds is 2. The lowest BCUT2D eigenvalue weighted by Crippen LogP contribution is -2.52. The molecule has 0 atom stereocenters. The second-order valence-corrected chi connectivity index (χ2v) is 5.24. The molecular weight excluding hydrogens is 254 g/mol. The van der Waals surface area contributed by atoms with Gasteiger partial charge in [0.05, 0.1) is 11.6 Å². The second-order valence-electron chi connectivity index (χ2n) is 5.24. The van der Waals surface area contributed by atoms with Gasteiger partial charge in [-0.3, -0.25) is 9.59 Å². The van der Waals surface area contributed by atoms with Gasteiger partial charge in [0.2, 0.25) is 5.91 Å². The number of nitriles is 1. The molecule has 1 heterocycles. The fraction of sp³-hybridized carbons (Fsp3) is 0.400. The van der Waals surface area contributed by atoms with Crippen molar-refractivity contribution >= 4 is 11.8 Å². The van der Waals surface area contributed by atoms with Crippen LogP contribution in [0.1, 0.15) is 28.8 Å². The van der Waals surface area contributed by atoms with Crippen LogP contribution in [0.3, 0.4) is 0 Å². The molecule has 0 spiro atoms. The van der Waals surface area contributed by atoms with Gasteiger partial charge in [-0.2, -0.15) is 5.26 Å². The minimum atomic E-state index is -0.175. The zero-order chi connectivity index (χ0) is 14.1. The molecule has 1 saturated carbocycles. The minimum absolute atomic E-state index is 0.0311. The molecule has 0 aromatic heterocycles. The zero-order valence-corrected chi connectivity index (χ0v) is 11.1. The van der Waals surface area contributed by atoms with Crippen LogP contribution >= 0.6 is 0 Å². The summed E-state index contributed by atoms with van der Waals surface area (Å²) in [6.07, 6.45) is 2.17. The predicted molar refractivity (Wildman–Crippen MR) is 71.8 cm³/mol. The molecule has 20 heavy (non-hydrogen) atoms. The standard InChI is InChI=1S/C15H15N3O2/c16-9-11-2-1-3-12(8-11)15(20)17-6-7-18(13-4-5-13)14(19)10-17/h1-3,8,13H,4-7,10H2. The summed E-state index contributed by atoms with van der Waals surface area (Å²) in [5.41, 5.74) is 0.926. The summed E-state index contributed by atoms with van der Waals surface area (Å²) in [6.45, 7) is 1.33. The van der Waals surface area contributed by atoms with Gasteiger partial charge in [0.15, 0.2) is 0 Å². The smallest absolute Gasteiger partial charge is 0.254 e. The largest absolute Gasteiger partial charge is 0.336 e. The Labute approximate surface area is 117 Å². The van der Waals surface area contributed by atoms with E-state index in [1.165, 1.54) is 0 Å². The third-order valence-electron chi connectivity index (χ3n) is 3.77. The van der Waals surface area contributed by atoms with E-state index in [1.807, 2.05) is 11.0 Å². The van der Waals surface area contributed by atoms with E-state index in [9.17, 15) is 9.59 Å². The number of carbonyl (C=O) groups excluding carboxylic acids is 2. The monoisotopic (exact) mass is 269 g/mol. The van der Waals surface area contributed by atoms with Crippen LogP contribution in [0.15, 0.2) is 24.3 Å². The van der Waals surface area contributed by atoms with Crippen molar-refractivity contribution < 1.29 is 9.59 Å². The first-order valence-corrected chi connectivity index (χ1v) is 6.78. The second kappa shape index (κ2) is 4.97. The molecule has 3 rings (SSSR count). The van der Waals surface area contributed by atoms with Gasteiger partial charge in [-0.1, -0.05) is 6.07 Å². The van der Waals surface area contributed by atoms with Gasteiger partial charge < -0.3 is 9.80 Å². The van der Waals surface area contributed by atoms with Gasteiger partial charge in [-0.05, 0) is 31.0 Å². The Morgan fingerprint density at radius 3 is 2.75 bits per heavy atom. The number of hydrogen-bond acceptors (Lipinski definition) is 3. The summed E-state index contributed by atoms with van der Waals surface area (Å²) in [6, 6.07) is 9.02. The van der Waals surface area contributed by atoms with E-state index in [-0.39, 0.29) is 18.4 Å². The summed E-state index contributed by atoms with van der Waals surface area (Å²) in [7, 11) is 0. The lowest BCUT2D eigenvalue weighted by Gasteiger charge is -2.34. The molecular formula is C15H15N3O2. The van der Waals surface area contributed by atoms with Gasteiger partial charge in [0.1, 0.15) is 6.54 Å². The molecule has 0 bridgehead atoms. The van der Waals surface area contributed by atoms with Crippen molar-refractivity contribution in [3.8, 4) is 6.07 Å². The number of hydrogen-bond donors (Lipinski definition) is 0. The van der Waals surface area contributed by atoms with Crippen LogP contribution in [-0.2, 0) is 4.79 Å². The van der Waals surface area contributed by atoms with Gasteiger partial charge in [-0.25, -0.2) is 0 Å². The van der Waals surface area contributed by atoms with Crippen molar-refractivity contribution in [2.75, 3.05) is 19.6 Å². The van der Waals surface area contributed by atoms with Crippen LogP contribution in [0, 0.1) is 11.3 Å². The Balaban J connectivity index is 1.71. The third-order valence-corrected chi connectivity index (χ3v) is 3.77. The molecule has 0 N–H and O–H groups in total.